The first-order chi connectivity index (χ1) is 13.3. The summed E-state index contributed by atoms with van der Waals surface area (Å²) < 4.78 is 12.3. The topological polar surface area (TPSA) is 18.5 Å². The van der Waals surface area contributed by atoms with Gasteiger partial charge < -0.3 is 9.47 Å². The van der Waals surface area contributed by atoms with Gasteiger partial charge in [0.15, 0.2) is 0 Å². The number of fused-ring (bicyclic) bond motifs is 3. The molecule has 0 aromatic heterocycles. The van der Waals surface area contributed by atoms with Crippen molar-refractivity contribution in [3.63, 3.8) is 0 Å². The van der Waals surface area contributed by atoms with E-state index in [2.05, 4.69) is 54.6 Å². The van der Waals surface area contributed by atoms with Crippen LogP contribution in [0.2, 0.25) is 0 Å². The minimum Gasteiger partial charge on any atom is -0.485 e. The highest BCUT2D eigenvalue weighted by Crippen LogP contribution is 2.58. The van der Waals surface area contributed by atoms with Crippen molar-refractivity contribution in [3.05, 3.63) is 77.4 Å². The number of thioether (sulfide) groups is 3. The van der Waals surface area contributed by atoms with Gasteiger partial charge in [0.05, 0.1) is 9.48 Å². The SMILES string of the molecule is c1ccc2c(c1)CC(c1ccc3c(c1)SC(c1ccc4c(c1)OCS4)S3)O2. The molecule has 3 aromatic rings. The molecule has 3 aliphatic heterocycles. The van der Waals surface area contributed by atoms with Crippen LogP contribution in [0.15, 0.2) is 75.4 Å². The lowest BCUT2D eigenvalue weighted by molar-refractivity contribution is 0.238. The minimum atomic E-state index is 0.128. The first-order valence-corrected chi connectivity index (χ1v) is 11.7. The van der Waals surface area contributed by atoms with Crippen molar-refractivity contribution in [2.24, 2.45) is 0 Å². The summed E-state index contributed by atoms with van der Waals surface area (Å²) in [5.74, 6) is 2.79. The van der Waals surface area contributed by atoms with Crippen LogP contribution in [0.4, 0.5) is 0 Å². The van der Waals surface area contributed by atoms with Crippen molar-refractivity contribution in [1.82, 2.24) is 0 Å². The Morgan fingerprint density at radius 2 is 1.63 bits per heavy atom. The average molecular weight is 409 g/mol. The predicted octanol–water partition coefficient (Wildman–Crippen LogP) is 6.70. The third-order valence-electron chi connectivity index (χ3n) is 5.12. The van der Waals surface area contributed by atoms with Crippen LogP contribution < -0.4 is 9.47 Å². The normalized spacial score (nSPS) is 21.9. The van der Waals surface area contributed by atoms with Crippen LogP contribution in [0.25, 0.3) is 0 Å². The second-order valence-electron chi connectivity index (χ2n) is 6.80. The molecule has 0 N–H and O–H groups in total. The van der Waals surface area contributed by atoms with Crippen LogP contribution >= 0.6 is 35.3 Å². The number of benzene rings is 3. The summed E-state index contributed by atoms with van der Waals surface area (Å²) in [6.07, 6.45) is 1.08. The third-order valence-corrected chi connectivity index (χ3v) is 8.89. The Kier molecular flexibility index (Phi) is 3.88. The van der Waals surface area contributed by atoms with Crippen molar-refractivity contribution in [2.75, 3.05) is 5.94 Å². The van der Waals surface area contributed by atoms with E-state index in [4.69, 9.17) is 9.47 Å². The van der Waals surface area contributed by atoms with Gasteiger partial charge in [-0.2, -0.15) is 0 Å². The molecule has 0 fully saturated rings. The summed E-state index contributed by atoms with van der Waals surface area (Å²) in [5, 5.41) is 0. The molecule has 0 saturated heterocycles. The van der Waals surface area contributed by atoms with Crippen molar-refractivity contribution in [1.29, 1.82) is 0 Å². The molecular weight excluding hydrogens is 392 g/mol. The minimum absolute atomic E-state index is 0.128. The zero-order valence-corrected chi connectivity index (χ0v) is 16.8. The third kappa shape index (κ3) is 2.84. The molecule has 3 aliphatic rings. The molecular formula is C22H16O2S3. The van der Waals surface area contributed by atoms with Gasteiger partial charge in [-0.1, -0.05) is 42.1 Å². The lowest BCUT2D eigenvalue weighted by atomic mass is 10.0. The lowest BCUT2D eigenvalue weighted by Crippen LogP contribution is -2.03. The molecule has 2 nitrogen and oxygen atoms in total. The van der Waals surface area contributed by atoms with E-state index in [-0.39, 0.29) is 6.10 Å². The average Bonchev–Trinajstić information content (AvgIpc) is 3.42. The fraction of sp³-hybridized carbons (Fsp3) is 0.182. The first-order valence-electron chi connectivity index (χ1n) is 8.95. The highest BCUT2D eigenvalue weighted by Gasteiger charge is 2.29. The van der Waals surface area contributed by atoms with Crippen molar-refractivity contribution < 1.29 is 9.47 Å². The van der Waals surface area contributed by atoms with Gasteiger partial charge in [0.1, 0.15) is 23.5 Å². The second-order valence-corrected chi connectivity index (χ2v) is 10.4. The summed E-state index contributed by atoms with van der Waals surface area (Å²) in [5.41, 5.74) is 3.90. The monoisotopic (exact) mass is 408 g/mol. The molecule has 6 rings (SSSR count). The summed E-state index contributed by atoms with van der Waals surface area (Å²) in [4.78, 5) is 3.97. The van der Waals surface area contributed by atoms with E-state index in [9.17, 15) is 0 Å². The number of hydrogen-bond acceptors (Lipinski definition) is 5. The fourth-order valence-electron chi connectivity index (χ4n) is 3.73. The van der Waals surface area contributed by atoms with E-state index in [1.807, 2.05) is 29.6 Å². The summed E-state index contributed by atoms with van der Waals surface area (Å²) >= 11 is 5.64. The fourth-order valence-corrected chi connectivity index (χ4v) is 7.31. The summed E-state index contributed by atoms with van der Waals surface area (Å²) in [6.45, 7) is 0. The lowest BCUT2D eigenvalue weighted by Gasteiger charge is -2.12. The predicted molar refractivity (Wildman–Crippen MR) is 112 cm³/mol. The van der Waals surface area contributed by atoms with Crippen LogP contribution in [-0.4, -0.2) is 5.94 Å². The Morgan fingerprint density at radius 3 is 2.59 bits per heavy atom. The molecule has 0 spiro atoms. The maximum absolute atomic E-state index is 6.18. The van der Waals surface area contributed by atoms with Crippen LogP contribution in [0.3, 0.4) is 0 Å². The number of ether oxygens (including phenoxy) is 2. The molecule has 0 bridgehead atoms. The Balaban J connectivity index is 1.25. The zero-order chi connectivity index (χ0) is 17.8. The molecule has 0 aliphatic carbocycles. The van der Waals surface area contributed by atoms with Gasteiger partial charge in [-0.05, 0) is 47.0 Å². The Labute approximate surface area is 171 Å². The highest BCUT2D eigenvalue weighted by molar-refractivity contribution is 8.19. The number of para-hydroxylation sites is 1. The van der Waals surface area contributed by atoms with E-state index in [1.165, 1.54) is 31.4 Å². The highest BCUT2D eigenvalue weighted by atomic mass is 32.2. The molecule has 3 aromatic carbocycles. The summed E-state index contributed by atoms with van der Waals surface area (Å²) in [7, 11) is 0. The van der Waals surface area contributed by atoms with Gasteiger partial charge in [0, 0.05) is 16.2 Å². The van der Waals surface area contributed by atoms with Gasteiger partial charge in [0.25, 0.3) is 0 Å². The standard InChI is InChI=1S/C22H16O2S3/c1-2-4-16-13(3-1)9-17(24-16)14-5-8-20-21(11-14)27-22(26-20)15-6-7-19-18(10-15)23-12-25-19/h1-8,10-11,17,22H,9,12H2. The van der Waals surface area contributed by atoms with Crippen LogP contribution in [0.5, 0.6) is 11.5 Å². The van der Waals surface area contributed by atoms with E-state index in [1.54, 1.807) is 11.8 Å². The Bertz CT molecular complexity index is 1020. The van der Waals surface area contributed by atoms with Crippen molar-refractivity contribution in [2.45, 2.75) is 31.8 Å². The van der Waals surface area contributed by atoms with E-state index < -0.39 is 0 Å². The van der Waals surface area contributed by atoms with Gasteiger partial charge in [0.2, 0.25) is 0 Å². The van der Waals surface area contributed by atoms with E-state index in [0.29, 0.717) is 4.58 Å². The Morgan fingerprint density at radius 1 is 0.778 bits per heavy atom. The quantitative estimate of drug-likeness (QED) is 0.468. The molecule has 134 valence electrons. The van der Waals surface area contributed by atoms with Crippen molar-refractivity contribution >= 4 is 35.3 Å². The van der Waals surface area contributed by atoms with Crippen molar-refractivity contribution in [3.8, 4) is 11.5 Å². The van der Waals surface area contributed by atoms with Gasteiger partial charge in [-0.3, -0.25) is 0 Å². The number of hydrogen-bond donors (Lipinski definition) is 0. The molecule has 0 saturated carbocycles. The number of rotatable bonds is 2. The molecule has 27 heavy (non-hydrogen) atoms. The first kappa shape index (κ1) is 16.3. The maximum atomic E-state index is 6.18. The molecule has 2 atom stereocenters. The van der Waals surface area contributed by atoms with E-state index in [0.717, 1.165) is 23.9 Å². The van der Waals surface area contributed by atoms with E-state index >= 15 is 0 Å². The molecule has 3 heterocycles. The molecule has 2 unspecified atom stereocenters. The smallest absolute Gasteiger partial charge is 0.138 e. The Hall–Kier alpha value is -1.69. The van der Waals surface area contributed by atoms with Gasteiger partial charge in [-0.15, -0.1) is 23.5 Å². The molecule has 5 heteroatoms. The van der Waals surface area contributed by atoms with Crippen LogP contribution in [0, 0.1) is 0 Å². The molecule has 0 radical (unpaired) electrons. The molecule has 0 amide bonds. The second kappa shape index (κ2) is 6.43. The van der Waals surface area contributed by atoms with Gasteiger partial charge in [-0.25, -0.2) is 0 Å². The van der Waals surface area contributed by atoms with Gasteiger partial charge >= 0.3 is 0 Å². The largest absolute Gasteiger partial charge is 0.485 e. The summed E-state index contributed by atoms with van der Waals surface area (Å²) in [6, 6.07) is 21.8. The van der Waals surface area contributed by atoms with Crippen LogP contribution in [-0.2, 0) is 6.42 Å². The zero-order valence-electron chi connectivity index (χ0n) is 14.4. The maximum Gasteiger partial charge on any atom is 0.138 e. The van der Waals surface area contributed by atoms with Crippen LogP contribution in [0.1, 0.15) is 27.4 Å².